The summed E-state index contributed by atoms with van der Waals surface area (Å²) in [5, 5.41) is 8.80. The van der Waals surface area contributed by atoms with E-state index in [4.69, 9.17) is 5.11 Å². The largest absolute Gasteiger partial charge is 0.480 e. The van der Waals surface area contributed by atoms with Crippen molar-refractivity contribution >= 4 is 5.97 Å². The highest BCUT2D eigenvalue weighted by Crippen LogP contribution is 2.08. The van der Waals surface area contributed by atoms with E-state index in [2.05, 4.69) is 0 Å². The Balaban J connectivity index is 4.21. The zero-order valence-electron chi connectivity index (χ0n) is 7.66. The van der Waals surface area contributed by atoms with Gasteiger partial charge < -0.3 is 5.11 Å². The van der Waals surface area contributed by atoms with Gasteiger partial charge in [0.25, 0.3) is 0 Å². The van der Waals surface area contributed by atoms with E-state index in [0.29, 0.717) is 0 Å². The molecule has 0 aromatic heterocycles. The van der Waals surface area contributed by atoms with Gasteiger partial charge in [-0.25, -0.2) is 0 Å². The van der Waals surface area contributed by atoms with Gasteiger partial charge in [-0.2, -0.15) is 0 Å². The predicted molar refractivity (Wildman–Crippen MR) is 44.6 cm³/mol. The highest BCUT2D eigenvalue weighted by Gasteiger charge is 2.24. The van der Waals surface area contributed by atoms with Crippen molar-refractivity contribution in [2.24, 2.45) is 5.92 Å². The second kappa shape index (κ2) is 4.34. The molecule has 11 heavy (non-hydrogen) atoms. The molecule has 0 amide bonds. The molecule has 0 bridgehead atoms. The van der Waals surface area contributed by atoms with Crippen LogP contribution in [0.5, 0.6) is 0 Å². The standard InChI is InChI=1S/C8H17NO2/c1-5-9(4)7(6(2)3)8(10)11/h6-7H,5H2,1-4H3,(H,10,11). The van der Waals surface area contributed by atoms with Crippen molar-refractivity contribution < 1.29 is 9.90 Å². The van der Waals surface area contributed by atoms with Crippen molar-refractivity contribution in [1.29, 1.82) is 0 Å². The van der Waals surface area contributed by atoms with E-state index in [1.165, 1.54) is 0 Å². The normalized spacial score (nSPS) is 14.0. The summed E-state index contributed by atoms with van der Waals surface area (Å²) in [4.78, 5) is 12.5. The monoisotopic (exact) mass is 159 g/mol. The van der Waals surface area contributed by atoms with Gasteiger partial charge in [0.05, 0.1) is 0 Å². The van der Waals surface area contributed by atoms with E-state index in [9.17, 15) is 4.79 Å². The molecule has 1 atom stereocenters. The van der Waals surface area contributed by atoms with Crippen LogP contribution in [0, 0.1) is 5.92 Å². The molecule has 0 radical (unpaired) electrons. The molecule has 0 spiro atoms. The first-order chi connectivity index (χ1) is 5.00. The average molecular weight is 159 g/mol. The number of hydrogen-bond donors (Lipinski definition) is 1. The molecule has 0 aromatic rings. The maximum Gasteiger partial charge on any atom is 0.321 e. The molecule has 66 valence electrons. The lowest BCUT2D eigenvalue weighted by molar-refractivity contribution is -0.144. The fourth-order valence-electron chi connectivity index (χ4n) is 1.18. The van der Waals surface area contributed by atoms with Crippen molar-refractivity contribution in [2.45, 2.75) is 26.8 Å². The molecule has 0 heterocycles. The van der Waals surface area contributed by atoms with Crippen LogP contribution in [0.2, 0.25) is 0 Å². The summed E-state index contributed by atoms with van der Waals surface area (Å²) in [6.45, 7) is 6.57. The van der Waals surface area contributed by atoms with Gasteiger partial charge in [-0.3, -0.25) is 9.69 Å². The number of carboxylic acid groups (broad SMARTS) is 1. The minimum atomic E-state index is -0.732. The summed E-state index contributed by atoms with van der Waals surface area (Å²) in [7, 11) is 1.83. The van der Waals surface area contributed by atoms with Crippen molar-refractivity contribution in [3.05, 3.63) is 0 Å². The SMILES string of the molecule is CCN(C)C(C(=O)O)C(C)C. The fourth-order valence-corrected chi connectivity index (χ4v) is 1.18. The van der Waals surface area contributed by atoms with Crippen LogP contribution in [-0.4, -0.2) is 35.6 Å². The molecule has 3 nitrogen and oxygen atoms in total. The van der Waals surface area contributed by atoms with Crippen LogP contribution in [0.25, 0.3) is 0 Å². The molecule has 1 unspecified atom stereocenters. The third kappa shape index (κ3) is 2.89. The number of aliphatic carboxylic acids is 1. The Labute approximate surface area is 68.0 Å². The highest BCUT2D eigenvalue weighted by molar-refractivity contribution is 5.73. The van der Waals surface area contributed by atoms with E-state index in [1.54, 1.807) is 0 Å². The van der Waals surface area contributed by atoms with Gasteiger partial charge in [0.2, 0.25) is 0 Å². The van der Waals surface area contributed by atoms with E-state index in [-0.39, 0.29) is 12.0 Å². The summed E-state index contributed by atoms with van der Waals surface area (Å²) in [5.74, 6) is -0.568. The van der Waals surface area contributed by atoms with Crippen LogP contribution in [-0.2, 0) is 4.79 Å². The molecule has 0 saturated heterocycles. The van der Waals surface area contributed by atoms with Crippen molar-refractivity contribution in [1.82, 2.24) is 4.90 Å². The fraction of sp³-hybridized carbons (Fsp3) is 0.875. The first-order valence-corrected chi connectivity index (χ1v) is 3.93. The quantitative estimate of drug-likeness (QED) is 0.666. The highest BCUT2D eigenvalue weighted by atomic mass is 16.4. The van der Waals surface area contributed by atoms with E-state index in [0.717, 1.165) is 6.54 Å². The Morgan fingerprint density at radius 2 is 2.00 bits per heavy atom. The molecule has 0 aromatic carbocycles. The Morgan fingerprint density at radius 3 is 2.09 bits per heavy atom. The van der Waals surface area contributed by atoms with Crippen LogP contribution in [0.3, 0.4) is 0 Å². The molecule has 0 aliphatic rings. The van der Waals surface area contributed by atoms with E-state index in [1.807, 2.05) is 32.7 Å². The Bertz CT molecular complexity index is 134. The molecule has 0 rings (SSSR count). The Morgan fingerprint density at radius 1 is 1.55 bits per heavy atom. The molecule has 0 aliphatic heterocycles. The zero-order valence-corrected chi connectivity index (χ0v) is 7.66. The van der Waals surface area contributed by atoms with E-state index >= 15 is 0 Å². The van der Waals surface area contributed by atoms with Crippen LogP contribution >= 0.6 is 0 Å². The minimum absolute atomic E-state index is 0.164. The molecule has 0 fully saturated rings. The number of carboxylic acids is 1. The number of rotatable bonds is 4. The van der Waals surface area contributed by atoms with Crippen molar-refractivity contribution in [3.63, 3.8) is 0 Å². The lowest BCUT2D eigenvalue weighted by Crippen LogP contribution is -2.42. The smallest absolute Gasteiger partial charge is 0.321 e. The summed E-state index contributed by atoms with van der Waals surface area (Å²) in [6, 6.07) is -0.347. The maximum atomic E-state index is 10.7. The van der Waals surface area contributed by atoms with Crippen LogP contribution in [0.1, 0.15) is 20.8 Å². The van der Waals surface area contributed by atoms with Gasteiger partial charge in [0.15, 0.2) is 0 Å². The average Bonchev–Trinajstić information content (AvgIpc) is 1.85. The van der Waals surface area contributed by atoms with Crippen molar-refractivity contribution in [2.75, 3.05) is 13.6 Å². The lowest BCUT2D eigenvalue weighted by Gasteiger charge is -2.25. The van der Waals surface area contributed by atoms with Gasteiger partial charge in [0, 0.05) is 0 Å². The maximum absolute atomic E-state index is 10.7. The third-order valence-electron chi connectivity index (χ3n) is 1.86. The molecule has 0 saturated carbocycles. The topological polar surface area (TPSA) is 40.5 Å². The Hall–Kier alpha value is -0.570. The van der Waals surface area contributed by atoms with Crippen LogP contribution in [0.4, 0.5) is 0 Å². The van der Waals surface area contributed by atoms with E-state index < -0.39 is 5.97 Å². The van der Waals surface area contributed by atoms with Gasteiger partial charge in [0.1, 0.15) is 6.04 Å². The van der Waals surface area contributed by atoms with Gasteiger partial charge in [-0.05, 0) is 19.5 Å². The number of likely N-dealkylation sites (N-methyl/N-ethyl adjacent to an activating group) is 1. The zero-order chi connectivity index (χ0) is 9.02. The summed E-state index contributed by atoms with van der Waals surface area (Å²) in [5.41, 5.74) is 0. The second-order valence-corrected chi connectivity index (χ2v) is 3.10. The summed E-state index contributed by atoms with van der Waals surface area (Å²) >= 11 is 0. The van der Waals surface area contributed by atoms with Gasteiger partial charge in [-0.1, -0.05) is 20.8 Å². The number of carbonyl (C=O) groups is 1. The summed E-state index contributed by atoms with van der Waals surface area (Å²) in [6.07, 6.45) is 0. The molecular weight excluding hydrogens is 142 g/mol. The minimum Gasteiger partial charge on any atom is -0.480 e. The third-order valence-corrected chi connectivity index (χ3v) is 1.86. The van der Waals surface area contributed by atoms with Crippen molar-refractivity contribution in [3.8, 4) is 0 Å². The number of hydrogen-bond acceptors (Lipinski definition) is 2. The molecule has 1 N–H and O–H groups in total. The molecule has 3 heteroatoms. The number of nitrogens with zero attached hydrogens (tertiary/aromatic N) is 1. The molecular formula is C8H17NO2. The van der Waals surface area contributed by atoms with Gasteiger partial charge >= 0.3 is 5.97 Å². The van der Waals surface area contributed by atoms with Crippen LogP contribution in [0.15, 0.2) is 0 Å². The first-order valence-electron chi connectivity index (χ1n) is 3.93. The molecule has 0 aliphatic carbocycles. The lowest BCUT2D eigenvalue weighted by atomic mass is 10.0. The Kier molecular flexibility index (Phi) is 4.11. The van der Waals surface area contributed by atoms with Gasteiger partial charge in [-0.15, -0.1) is 0 Å². The predicted octanol–water partition coefficient (Wildman–Crippen LogP) is 1.05. The summed E-state index contributed by atoms with van der Waals surface area (Å²) < 4.78 is 0. The van der Waals surface area contributed by atoms with Crippen LogP contribution < -0.4 is 0 Å². The second-order valence-electron chi connectivity index (χ2n) is 3.10. The first kappa shape index (κ1) is 10.4.